The van der Waals surface area contributed by atoms with E-state index in [1.807, 2.05) is 7.05 Å². The fourth-order valence-corrected chi connectivity index (χ4v) is 0.777. The lowest BCUT2D eigenvalue weighted by molar-refractivity contribution is 0.769. The molecule has 9 heavy (non-hydrogen) atoms. The van der Waals surface area contributed by atoms with Crippen LogP contribution in [0.4, 0.5) is 5.69 Å². The molecule has 0 radical (unpaired) electrons. The molecule has 1 rings (SSSR count). The highest BCUT2D eigenvalue weighted by atomic mass is 35.5. The molecule has 0 aliphatic rings. The number of nitrogens with zero attached hydrogens (tertiary/aromatic N) is 2. The molecule has 0 atom stereocenters. The van der Waals surface area contributed by atoms with Gasteiger partial charge in [-0.25, -0.2) is 0 Å². The summed E-state index contributed by atoms with van der Waals surface area (Å²) in [5.41, 5.74) is 0.860. The van der Waals surface area contributed by atoms with E-state index in [0.717, 1.165) is 5.69 Å². The Morgan fingerprint density at radius 1 is 1.78 bits per heavy atom. The van der Waals surface area contributed by atoms with E-state index >= 15 is 0 Å². The molecule has 0 aliphatic carbocycles. The Bertz CT molecular complexity index is 206. The SMILES string of the molecule is CNc1cnn(C)c1Cl. The van der Waals surface area contributed by atoms with Gasteiger partial charge in [-0.1, -0.05) is 11.6 Å². The first-order valence-corrected chi connectivity index (χ1v) is 2.98. The predicted octanol–water partition coefficient (Wildman–Crippen LogP) is 1.12. The average molecular weight is 146 g/mol. The number of hydrogen-bond acceptors (Lipinski definition) is 2. The summed E-state index contributed by atoms with van der Waals surface area (Å²) < 4.78 is 1.60. The summed E-state index contributed by atoms with van der Waals surface area (Å²) in [5, 5.41) is 7.45. The predicted molar refractivity (Wildman–Crippen MR) is 37.8 cm³/mol. The van der Waals surface area contributed by atoms with Gasteiger partial charge in [0, 0.05) is 14.1 Å². The minimum atomic E-state index is 0.637. The molecular weight excluding hydrogens is 138 g/mol. The second-order valence-corrected chi connectivity index (χ2v) is 2.08. The van der Waals surface area contributed by atoms with Gasteiger partial charge in [-0.2, -0.15) is 5.10 Å². The fraction of sp³-hybridized carbons (Fsp3) is 0.400. The minimum Gasteiger partial charge on any atom is -0.384 e. The van der Waals surface area contributed by atoms with E-state index in [1.165, 1.54) is 0 Å². The maximum Gasteiger partial charge on any atom is 0.149 e. The Balaban J connectivity index is 3.04. The van der Waals surface area contributed by atoms with Gasteiger partial charge in [0.05, 0.1) is 11.9 Å². The molecule has 4 heteroatoms. The van der Waals surface area contributed by atoms with E-state index in [9.17, 15) is 0 Å². The first kappa shape index (κ1) is 6.42. The average Bonchev–Trinajstić information content (AvgIpc) is 2.15. The quantitative estimate of drug-likeness (QED) is 0.642. The van der Waals surface area contributed by atoms with Crippen LogP contribution in [0, 0.1) is 0 Å². The van der Waals surface area contributed by atoms with E-state index in [4.69, 9.17) is 11.6 Å². The van der Waals surface area contributed by atoms with Gasteiger partial charge in [0.15, 0.2) is 0 Å². The van der Waals surface area contributed by atoms with Crippen LogP contribution in [0.3, 0.4) is 0 Å². The normalized spacial score (nSPS) is 9.67. The molecule has 0 saturated heterocycles. The molecular formula is C5H8ClN3. The van der Waals surface area contributed by atoms with Crippen LogP contribution in [-0.4, -0.2) is 16.8 Å². The third-order valence-electron chi connectivity index (χ3n) is 1.14. The van der Waals surface area contributed by atoms with Crippen molar-refractivity contribution in [3.05, 3.63) is 11.3 Å². The Morgan fingerprint density at radius 2 is 2.44 bits per heavy atom. The number of rotatable bonds is 1. The summed E-state index contributed by atoms with van der Waals surface area (Å²) in [6.07, 6.45) is 1.68. The van der Waals surface area contributed by atoms with E-state index in [0.29, 0.717) is 5.15 Å². The van der Waals surface area contributed by atoms with E-state index in [-0.39, 0.29) is 0 Å². The summed E-state index contributed by atoms with van der Waals surface area (Å²) in [6.45, 7) is 0. The molecule has 0 spiro atoms. The van der Waals surface area contributed by atoms with E-state index in [2.05, 4.69) is 10.4 Å². The van der Waals surface area contributed by atoms with Gasteiger partial charge >= 0.3 is 0 Å². The molecule has 50 valence electrons. The molecule has 0 aromatic carbocycles. The first-order chi connectivity index (χ1) is 4.25. The molecule has 1 heterocycles. The number of aromatic nitrogens is 2. The third kappa shape index (κ3) is 1.00. The van der Waals surface area contributed by atoms with Crippen molar-refractivity contribution in [2.45, 2.75) is 0 Å². The molecule has 0 amide bonds. The number of aryl methyl sites for hydroxylation is 1. The topological polar surface area (TPSA) is 29.9 Å². The minimum absolute atomic E-state index is 0.637. The summed E-state index contributed by atoms with van der Waals surface area (Å²) in [6, 6.07) is 0. The number of nitrogens with one attached hydrogen (secondary N) is 1. The molecule has 0 unspecified atom stereocenters. The highest BCUT2D eigenvalue weighted by molar-refractivity contribution is 6.32. The second kappa shape index (κ2) is 2.27. The lowest BCUT2D eigenvalue weighted by Gasteiger charge is -1.93. The van der Waals surface area contributed by atoms with Crippen LogP contribution >= 0.6 is 11.6 Å². The Morgan fingerprint density at radius 3 is 2.67 bits per heavy atom. The van der Waals surface area contributed by atoms with Crippen molar-refractivity contribution in [3.8, 4) is 0 Å². The van der Waals surface area contributed by atoms with E-state index < -0.39 is 0 Å². The van der Waals surface area contributed by atoms with Crippen molar-refractivity contribution < 1.29 is 0 Å². The van der Waals surface area contributed by atoms with Crippen molar-refractivity contribution in [2.75, 3.05) is 12.4 Å². The summed E-state index contributed by atoms with van der Waals surface area (Å²) >= 11 is 5.75. The highest BCUT2D eigenvalue weighted by Crippen LogP contribution is 2.18. The molecule has 0 fully saturated rings. The molecule has 0 bridgehead atoms. The Kier molecular flexibility index (Phi) is 1.62. The largest absolute Gasteiger partial charge is 0.384 e. The van der Waals surface area contributed by atoms with Crippen molar-refractivity contribution in [3.63, 3.8) is 0 Å². The van der Waals surface area contributed by atoms with Crippen LogP contribution in [0.1, 0.15) is 0 Å². The summed E-state index contributed by atoms with van der Waals surface area (Å²) in [7, 11) is 3.60. The van der Waals surface area contributed by atoms with Crippen molar-refractivity contribution in [1.82, 2.24) is 9.78 Å². The van der Waals surface area contributed by atoms with Crippen LogP contribution in [0.25, 0.3) is 0 Å². The van der Waals surface area contributed by atoms with Crippen LogP contribution in [0.15, 0.2) is 6.20 Å². The van der Waals surface area contributed by atoms with Gasteiger partial charge in [-0.15, -0.1) is 0 Å². The van der Waals surface area contributed by atoms with Crippen molar-refractivity contribution in [2.24, 2.45) is 7.05 Å². The molecule has 3 nitrogen and oxygen atoms in total. The van der Waals surface area contributed by atoms with Gasteiger partial charge in [0.1, 0.15) is 5.15 Å². The lowest BCUT2D eigenvalue weighted by atomic mass is 10.6. The number of hydrogen-bond donors (Lipinski definition) is 1. The second-order valence-electron chi connectivity index (χ2n) is 1.72. The zero-order valence-corrected chi connectivity index (χ0v) is 6.11. The van der Waals surface area contributed by atoms with Crippen LogP contribution < -0.4 is 5.32 Å². The molecule has 1 aromatic heterocycles. The smallest absolute Gasteiger partial charge is 0.149 e. The maximum atomic E-state index is 5.75. The van der Waals surface area contributed by atoms with Crippen molar-refractivity contribution in [1.29, 1.82) is 0 Å². The van der Waals surface area contributed by atoms with E-state index in [1.54, 1.807) is 17.9 Å². The Labute approximate surface area is 58.6 Å². The van der Waals surface area contributed by atoms with Gasteiger partial charge in [-0.05, 0) is 0 Å². The monoisotopic (exact) mass is 145 g/mol. The van der Waals surface area contributed by atoms with Crippen LogP contribution in [0.5, 0.6) is 0 Å². The third-order valence-corrected chi connectivity index (χ3v) is 1.58. The molecule has 0 aliphatic heterocycles. The van der Waals surface area contributed by atoms with Gasteiger partial charge in [0.2, 0.25) is 0 Å². The fourth-order valence-electron chi connectivity index (χ4n) is 0.590. The van der Waals surface area contributed by atoms with Crippen molar-refractivity contribution >= 4 is 17.3 Å². The van der Waals surface area contributed by atoms with Gasteiger partial charge in [-0.3, -0.25) is 4.68 Å². The van der Waals surface area contributed by atoms with Crippen LogP contribution in [0.2, 0.25) is 5.15 Å². The molecule has 0 saturated carbocycles. The lowest BCUT2D eigenvalue weighted by Crippen LogP contribution is -1.90. The summed E-state index contributed by atoms with van der Waals surface area (Å²) in [4.78, 5) is 0. The zero-order chi connectivity index (χ0) is 6.85. The standard InChI is InChI=1S/C5H8ClN3/c1-7-4-3-8-9(2)5(4)6/h3,7H,1-2H3. The Hall–Kier alpha value is -0.700. The molecule has 1 aromatic rings. The van der Waals surface area contributed by atoms with Gasteiger partial charge in [0.25, 0.3) is 0 Å². The first-order valence-electron chi connectivity index (χ1n) is 2.61. The number of anilines is 1. The molecule has 1 N–H and O–H groups in total. The number of halogens is 1. The van der Waals surface area contributed by atoms with Gasteiger partial charge < -0.3 is 5.32 Å². The van der Waals surface area contributed by atoms with Crippen LogP contribution in [-0.2, 0) is 7.05 Å². The zero-order valence-electron chi connectivity index (χ0n) is 5.35. The summed E-state index contributed by atoms with van der Waals surface area (Å²) in [5.74, 6) is 0. The highest BCUT2D eigenvalue weighted by Gasteiger charge is 2.00. The maximum absolute atomic E-state index is 5.75.